The summed E-state index contributed by atoms with van der Waals surface area (Å²) >= 11 is 0. The molecule has 6 nitrogen and oxygen atoms in total. The second-order valence-corrected chi connectivity index (χ2v) is 6.26. The molecule has 1 N–H and O–H groups in total. The lowest BCUT2D eigenvalue weighted by Crippen LogP contribution is -2.39. The summed E-state index contributed by atoms with van der Waals surface area (Å²) in [6.45, 7) is 1.97. The highest BCUT2D eigenvalue weighted by molar-refractivity contribution is 5.94. The van der Waals surface area contributed by atoms with Crippen molar-refractivity contribution in [3.05, 3.63) is 53.5 Å². The summed E-state index contributed by atoms with van der Waals surface area (Å²) in [7, 11) is 0. The van der Waals surface area contributed by atoms with Crippen LogP contribution >= 0.6 is 0 Å². The van der Waals surface area contributed by atoms with Crippen LogP contribution in [0.5, 0.6) is 5.88 Å². The summed E-state index contributed by atoms with van der Waals surface area (Å²) in [4.78, 5) is 20.4. The molecule has 0 spiro atoms. The first-order valence-electron chi connectivity index (χ1n) is 8.41. The zero-order valence-corrected chi connectivity index (χ0v) is 14.1. The number of aryl methyl sites for hydroxylation is 1. The molecular formula is C19H20N4O2. The predicted octanol–water partition coefficient (Wildman–Crippen LogP) is 2.78. The molecule has 0 saturated heterocycles. The van der Waals surface area contributed by atoms with Crippen LogP contribution in [0.2, 0.25) is 0 Å². The Kier molecular flexibility index (Phi) is 5.24. The van der Waals surface area contributed by atoms with Gasteiger partial charge in [0.25, 0.3) is 11.8 Å². The zero-order chi connectivity index (χ0) is 17.6. The number of carbonyl (C=O) groups excluding carboxylic acids is 1. The summed E-state index contributed by atoms with van der Waals surface area (Å²) in [5.41, 5.74) is 1.97. The van der Waals surface area contributed by atoms with Crippen molar-refractivity contribution in [1.29, 1.82) is 5.26 Å². The van der Waals surface area contributed by atoms with Gasteiger partial charge in [-0.05, 0) is 44.7 Å². The summed E-state index contributed by atoms with van der Waals surface area (Å²) in [5.74, 6) is 0.256. The number of hydrogen-bond donors (Lipinski definition) is 1. The molecular weight excluding hydrogens is 316 g/mol. The van der Waals surface area contributed by atoms with E-state index in [2.05, 4.69) is 15.3 Å². The SMILES string of the molecule is Cc1cccc(C(=O)NC2CCC(Oc3nccnc3C#N)CC2)c1. The molecule has 0 bridgehead atoms. The number of amides is 1. The van der Waals surface area contributed by atoms with Gasteiger partial charge in [-0.1, -0.05) is 17.7 Å². The van der Waals surface area contributed by atoms with Crippen LogP contribution in [0.4, 0.5) is 0 Å². The van der Waals surface area contributed by atoms with Gasteiger partial charge in [0.05, 0.1) is 0 Å². The summed E-state index contributed by atoms with van der Waals surface area (Å²) < 4.78 is 5.82. The van der Waals surface area contributed by atoms with Crippen LogP contribution < -0.4 is 10.1 Å². The molecule has 1 amide bonds. The van der Waals surface area contributed by atoms with Crippen LogP contribution in [-0.4, -0.2) is 28.0 Å². The van der Waals surface area contributed by atoms with Crippen LogP contribution in [0, 0.1) is 18.3 Å². The molecule has 25 heavy (non-hydrogen) atoms. The monoisotopic (exact) mass is 336 g/mol. The van der Waals surface area contributed by atoms with E-state index in [9.17, 15) is 4.79 Å². The lowest BCUT2D eigenvalue weighted by atomic mass is 9.92. The van der Waals surface area contributed by atoms with E-state index in [0.29, 0.717) is 5.56 Å². The first-order chi connectivity index (χ1) is 12.2. The maximum atomic E-state index is 12.3. The van der Waals surface area contributed by atoms with Crippen LogP contribution in [0.1, 0.15) is 47.3 Å². The number of carbonyl (C=O) groups is 1. The average molecular weight is 336 g/mol. The maximum absolute atomic E-state index is 12.3. The van der Waals surface area contributed by atoms with Crippen LogP contribution in [-0.2, 0) is 0 Å². The van der Waals surface area contributed by atoms with Gasteiger partial charge in [0, 0.05) is 24.0 Å². The topological polar surface area (TPSA) is 87.9 Å². The zero-order valence-electron chi connectivity index (χ0n) is 14.1. The molecule has 1 aliphatic carbocycles. The molecule has 3 rings (SSSR count). The molecule has 6 heteroatoms. The highest BCUT2D eigenvalue weighted by Gasteiger charge is 2.25. The van der Waals surface area contributed by atoms with E-state index in [1.807, 2.05) is 37.3 Å². The van der Waals surface area contributed by atoms with E-state index >= 15 is 0 Å². The Balaban J connectivity index is 1.52. The quantitative estimate of drug-likeness (QED) is 0.927. The molecule has 0 aliphatic heterocycles. The number of aromatic nitrogens is 2. The molecule has 0 atom stereocenters. The minimum atomic E-state index is -0.0336. The molecule has 1 aromatic carbocycles. The Bertz CT molecular complexity index is 792. The fraction of sp³-hybridized carbons (Fsp3) is 0.368. The first-order valence-corrected chi connectivity index (χ1v) is 8.41. The normalized spacial score (nSPS) is 19.7. The highest BCUT2D eigenvalue weighted by atomic mass is 16.5. The van der Waals surface area contributed by atoms with Crippen molar-refractivity contribution in [2.45, 2.75) is 44.8 Å². The van der Waals surface area contributed by atoms with E-state index in [1.54, 1.807) is 0 Å². The van der Waals surface area contributed by atoms with Gasteiger partial charge in [-0.3, -0.25) is 4.79 Å². The fourth-order valence-electron chi connectivity index (χ4n) is 3.03. The lowest BCUT2D eigenvalue weighted by Gasteiger charge is -2.29. The first kappa shape index (κ1) is 16.9. The van der Waals surface area contributed by atoms with Crippen molar-refractivity contribution in [1.82, 2.24) is 15.3 Å². The Morgan fingerprint density at radius 3 is 2.72 bits per heavy atom. The Morgan fingerprint density at radius 1 is 1.24 bits per heavy atom. The van der Waals surface area contributed by atoms with Crippen molar-refractivity contribution < 1.29 is 9.53 Å². The highest BCUT2D eigenvalue weighted by Crippen LogP contribution is 2.24. The van der Waals surface area contributed by atoms with Crippen molar-refractivity contribution in [2.75, 3.05) is 0 Å². The third-order valence-corrected chi connectivity index (χ3v) is 4.34. The number of nitrogens with zero attached hydrogens (tertiary/aromatic N) is 3. The summed E-state index contributed by atoms with van der Waals surface area (Å²) in [5, 5.41) is 12.1. The van der Waals surface area contributed by atoms with E-state index in [1.165, 1.54) is 12.4 Å². The van der Waals surface area contributed by atoms with Gasteiger partial charge in [0.2, 0.25) is 5.69 Å². The Morgan fingerprint density at radius 2 is 2.00 bits per heavy atom. The number of nitriles is 1. The summed E-state index contributed by atoms with van der Waals surface area (Å²) in [6, 6.07) is 9.71. The molecule has 1 aliphatic rings. The molecule has 2 aromatic rings. The molecule has 1 aromatic heterocycles. The van der Waals surface area contributed by atoms with Gasteiger partial charge in [-0.15, -0.1) is 0 Å². The fourth-order valence-corrected chi connectivity index (χ4v) is 3.03. The minimum Gasteiger partial charge on any atom is -0.472 e. The molecule has 0 unspecified atom stereocenters. The third-order valence-electron chi connectivity index (χ3n) is 4.34. The smallest absolute Gasteiger partial charge is 0.251 e. The molecule has 1 saturated carbocycles. The van der Waals surface area contributed by atoms with E-state index in [-0.39, 0.29) is 29.6 Å². The van der Waals surface area contributed by atoms with Gasteiger partial charge in [0.15, 0.2) is 0 Å². The van der Waals surface area contributed by atoms with Crippen molar-refractivity contribution >= 4 is 5.91 Å². The standard InChI is InChI=1S/C19H20N4O2/c1-13-3-2-4-14(11-13)18(24)23-15-5-7-16(8-6-15)25-19-17(12-20)21-9-10-22-19/h2-4,9-11,15-16H,5-8H2,1H3,(H,23,24). The second kappa shape index (κ2) is 7.75. The van der Waals surface area contributed by atoms with Gasteiger partial charge in [-0.25, -0.2) is 9.97 Å². The number of nitrogens with one attached hydrogen (secondary N) is 1. The summed E-state index contributed by atoms with van der Waals surface area (Å²) in [6.07, 6.45) is 6.28. The van der Waals surface area contributed by atoms with E-state index in [4.69, 9.17) is 10.00 Å². The lowest BCUT2D eigenvalue weighted by molar-refractivity contribution is 0.0889. The largest absolute Gasteiger partial charge is 0.472 e. The number of rotatable bonds is 4. The second-order valence-electron chi connectivity index (χ2n) is 6.26. The number of ether oxygens (including phenoxy) is 1. The van der Waals surface area contributed by atoms with Gasteiger partial charge in [-0.2, -0.15) is 5.26 Å². The number of hydrogen-bond acceptors (Lipinski definition) is 5. The molecule has 128 valence electrons. The van der Waals surface area contributed by atoms with E-state index < -0.39 is 0 Å². The van der Waals surface area contributed by atoms with Crippen LogP contribution in [0.15, 0.2) is 36.7 Å². The van der Waals surface area contributed by atoms with Gasteiger partial charge >= 0.3 is 0 Å². The Labute approximate surface area is 146 Å². The predicted molar refractivity (Wildman–Crippen MR) is 92.1 cm³/mol. The third kappa shape index (κ3) is 4.32. The number of benzene rings is 1. The van der Waals surface area contributed by atoms with Crippen molar-refractivity contribution in [3.63, 3.8) is 0 Å². The van der Waals surface area contributed by atoms with Crippen molar-refractivity contribution in [2.24, 2.45) is 0 Å². The molecule has 0 radical (unpaired) electrons. The molecule has 1 heterocycles. The van der Waals surface area contributed by atoms with Gasteiger partial charge in [0.1, 0.15) is 12.2 Å². The maximum Gasteiger partial charge on any atom is 0.251 e. The average Bonchev–Trinajstić information content (AvgIpc) is 2.64. The molecule has 1 fully saturated rings. The van der Waals surface area contributed by atoms with Crippen LogP contribution in [0.25, 0.3) is 0 Å². The van der Waals surface area contributed by atoms with Crippen molar-refractivity contribution in [3.8, 4) is 11.9 Å². The van der Waals surface area contributed by atoms with Crippen LogP contribution in [0.3, 0.4) is 0 Å². The minimum absolute atomic E-state index is 0.00378. The Hall–Kier alpha value is -2.94. The van der Waals surface area contributed by atoms with Gasteiger partial charge < -0.3 is 10.1 Å². The van der Waals surface area contributed by atoms with E-state index in [0.717, 1.165) is 31.2 Å².